The molecule has 6 aromatic rings. The third kappa shape index (κ3) is 3.35. The SMILES string of the molecule is Cc1cc2c3c(c1)N1c4cccc(c4)Oc4cccc(c4)N(c4ccoc4)c4ccc(c1c4)B3c1ccc3c(c1-2)CCCC3. The molecule has 5 aromatic carbocycles. The van der Waals surface area contributed by atoms with E-state index >= 15 is 0 Å². The number of rotatable bonds is 1. The zero-order valence-corrected chi connectivity index (χ0v) is 24.5. The topological polar surface area (TPSA) is 28.9 Å². The Bertz CT molecular complexity index is 2150. The lowest BCUT2D eigenvalue weighted by Crippen LogP contribution is -2.54. The van der Waals surface area contributed by atoms with Crippen molar-refractivity contribution < 1.29 is 9.15 Å². The first-order chi connectivity index (χ1) is 21.7. The summed E-state index contributed by atoms with van der Waals surface area (Å²) in [6, 6.07) is 35.5. The zero-order chi connectivity index (χ0) is 28.9. The van der Waals surface area contributed by atoms with Gasteiger partial charge in [-0.1, -0.05) is 41.9 Å². The van der Waals surface area contributed by atoms with Crippen molar-refractivity contribution in [1.82, 2.24) is 0 Å². The van der Waals surface area contributed by atoms with Crippen LogP contribution in [-0.2, 0) is 12.8 Å². The van der Waals surface area contributed by atoms with Crippen LogP contribution in [0.25, 0.3) is 11.1 Å². The fourth-order valence-electron chi connectivity index (χ4n) is 8.21. The van der Waals surface area contributed by atoms with Gasteiger partial charge in [-0.15, -0.1) is 0 Å². The fourth-order valence-corrected chi connectivity index (χ4v) is 8.21. The van der Waals surface area contributed by atoms with E-state index in [9.17, 15) is 0 Å². The highest BCUT2D eigenvalue weighted by molar-refractivity contribution is 7.01. The molecule has 3 aliphatic heterocycles. The Labute approximate surface area is 257 Å². The molecule has 6 bridgehead atoms. The summed E-state index contributed by atoms with van der Waals surface area (Å²) in [7, 11) is 0. The lowest BCUT2D eigenvalue weighted by Gasteiger charge is -2.37. The molecule has 4 heterocycles. The minimum atomic E-state index is 0.196. The van der Waals surface area contributed by atoms with E-state index in [0.29, 0.717) is 0 Å². The highest BCUT2D eigenvalue weighted by Crippen LogP contribution is 2.46. The molecular weight excluding hydrogens is 539 g/mol. The molecule has 210 valence electrons. The summed E-state index contributed by atoms with van der Waals surface area (Å²) in [6.07, 6.45) is 8.45. The van der Waals surface area contributed by atoms with Crippen LogP contribution in [-0.4, -0.2) is 6.71 Å². The first-order valence-electron chi connectivity index (χ1n) is 15.7. The molecule has 1 aromatic heterocycles. The van der Waals surface area contributed by atoms with E-state index in [1.165, 1.54) is 75.7 Å². The largest absolute Gasteiger partial charge is 0.470 e. The molecule has 0 saturated carbocycles. The Morgan fingerprint density at radius 2 is 1.43 bits per heavy atom. The van der Waals surface area contributed by atoms with Crippen molar-refractivity contribution in [2.45, 2.75) is 32.6 Å². The summed E-state index contributed by atoms with van der Waals surface area (Å²) in [6.45, 7) is 2.44. The van der Waals surface area contributed by atoms with E-state index in [0.717, 1.165) is 34.2 Å². The van der Waals surface area contributed by atoms with Crippen LogP contribution in [0.1, 0.15) is 29.5 Å². The Balaban J connectivity index is 1.30. The van der Waals surface area contributed by atoms with Crippen molar-refractivity contribution in [3.8, 4) is 22.6 Å². The van der Waals surface area contributed by atoms with Gasteiger partial charge in [0.05, 0.1) is 12.0 Å². The second kappa shape index (κ2) is 8.93. The monoisotopic (exact) mass is 568 g/mol. The minimum Gasteiger partial charge on any atom is -0.470 e. The van der Waals surface area contributed by atoms with Crippen molar-refractivity contribution in [1.29, 1.82) is 0 Å². The molecule has 0 N–H and O–H groups in total. The lowest BCUT2D eigenvalue weighted by atomic mass is 9.37. The Morgan fingerprint density at radius 3 is 2.25 bits per heavy atom. The lowest BCUT2D eigenvalue weighted by molar-refractivity contribution is 0.483. The number of benzene rings is 5. The Morgan fingerprint density at radius 1 is 0.659 bits per heavy atom. The standard InChI is InChI=1S/C39H29BN2O2/c1-24-18-33-38-32-11-3-2-6-25(32)12-14-35(38)40-34-15-13-28-22-36(34)42(37(19-24)39(33)40)27-8-5-10-31(21-27)44-30-9-4-7-26(20-30)41(28)29-16-17-43-23-29/h4-5,7-10,12-23H,2-3,6,11H2,1H3. The molecule has 0 saturated heterocycles. The maximum absolute atomic E-state index is 6.51. The van der Waals surface area contributed by atoms with E-state index in [-0.39, 0.29) is 6.71 Å². The van der Waals surface area contributed by atoms with Crippen LogP contribution in [0.5, 0.6) is 11.5 Å². The van der Waals surface area contributed by atoms with Crippen molar-refractivity contribution >= 4 is 57.2 Å². The van der Waals surface area contributed by atoms with E-state index < -0.39 is 0 Å². The number of nitrogens with zero attached hydrogens (tertiary/aromatic N) is 2. The van der Waals surface area contributed by atoms with E-state index in [1.807, 2.05) is 18.2 Å². The molecule has 0 unspecified atom stereocenters. The number of furan rings is 1. The maximum Gasteiger partial charge on any atom is 0.248 e. The van der Waals surface area contributed by atoms with Gasteiger partial charge >= 0.3 is 0 Å². The van der Waals surface area contributed by atoms with E-state index in [1.54, 1.807) is 18.1 Å². The Hall–Kier alpha value is -5.16. The number of hydrogen-bond donors (Lipinski definition) is 0. The molecule has 4 nitrogen and oxygen atoms in total. The molecule has 0 atom stereocenters. The van der Waals surface area contributed by atoms with Crippen LogP contribution in [0.2, 0.25) is 0 Å². The van der Waals surface area contributed by atoms with Crippen LogP contribution >= 0.6 is 0 Å². The van der Waals surface area contributed by atoms with Crippen LogP contribution in [0.4, 0.5) is 34.1 Å². The van der Waals surface area contributed by atoms with Gasteiger partial charge in [-0.3, -0.25) is 0 Å². The molecule has 0 spiro atoms. The van der Waals surface area contributed by atoms with Gasteiger partial charge in [0.2, 0.25) is 6.71 Å². The van der Waals surface area contributed by atoms with Crippen LogP contribution in [0, 0.1) is 6.92 Å². The average molecular weight is 568 g/mol. The average Bonchev–Trinajstić information content (AvgIpc) is 3.69. The molecule has 10 rings (SSSR count). The summed E-state index contributed by atoms with van der Waals surface area (Å²) < 4.78 is 12.1. The minimum absolute atomic E-state index is 0.196. The second-order valence-corrected chi connectivity index (χ2v) is 12.5. The van der Waals surface area contributed by atoms with E-state index in [4.69, 9.17) is 9.15 Å². The summed E-state index contributed by atoms with van der Waals surface area (Å²) in [5.41, 5.74) is 18.1. The first-order valence-corrected chi connectivity index (χ1v) is 15.7. The maximum atomic E-state index is 6.51. The van der Waals surface area contributed by atoms with Crippen LogP contribution in [0.15, 0.2) is 114 Å². The van der Waals surface area contributed by atoms with Gasteiger partial charge in [-0.05, 0) is 114 Å². The molecule has 1 aliphatic carbocycles. The molecule has 5 heteroatoms. The summed E-state index contributed by atoms with van der Waals surface area (Å²) in [5.74, 6) is 1.61. The van der Waals surface area contributed by atoms with Gasteiger partial charge in [0.25, 0.3) is 0 Å². The molecule has 44 heavy (non-hydrogen) atoms. The number of fused-ring (bicyclic) bond motifs is 13. The van der Waals surface area contributed by atoms with Gasteiger partial charge < -0.3 is 19.0 Å². The fraction of sp³-hybridized carbons (Fsp3) is 0.128. The number of aryl methyl sites for hydroxylation is 2. The number of anilines is 6. The quantitative estimate of drug-likeness (QED) is 0.186. The van der Waals surface area contributed by atoms with Gasteiger partial charge in [0.1, 0.15) is 17.8 Å². The summed E-state index contributed by atoms with van der Waals surface area (Å²) >= 11 is 0. The van der Waals surface area contributed by atoms with Crippen LogP contribution in [0.3, 0.4) is 0 Å². The normalized spacial score (nSPS) is 15.1. The Kier molecular flexibility index (Phi) is 4.93. The first kappa shape index (κ1) is 24.3. The predicted octanol–water partition coefficient (Wildman–Crippen LogP) is 8.32. The van der Waals surface area contributed by atoms with Gasteiger partial charge in [0, 0.05) is 46.6 Å². The predicted molar refractivity (Wildman–Crippen MR) is 180 cm³/mol. The number of ether oxygens (including phenoxy) is 1. The van der Waals surface area contributed by atoms with Crippen molar-refractivity contribution in [3.05, 3.63) is 126 Å². The van der Waals surface area contributed by atoms with E-state index in [2.05, 4.69) is 95.6 Å². The van der Waals surface area contributed by atoms with Gasteiger partial charge in [0.15, 0.2) is 0 Å². The summed E-state index contributed by atoms with van der Waals surface area (Å²) in [5, 5.41) is 0. The highest BCUT2D eigenvalue weighted by Gasteiger charge is 2.44. The molecule has 0 fully saturated rings. The molecule has 0 radical (unpaired) electrons. The zero-order valence-electron chi connectivity index (χ0n) is 24.5. The highest BCUT2D eigenvalue weighted by atomic mass is 16.5. The number of hydrogen-bond acceptors (Lipinski definition) is 4. The van der Waals surface area contributed by atoms with Crippen LogP contribution < -0.4 is 30.9 Å². The van der Waals surface area contributed by atoms with Gasteiger partial charge in [-0.25, -0.2) is 0 Å². The summed E-state index contributed by atoms with van der Waals surface area (Å²) in [4.78, 5) is 4.72. The molecule has 4 aliphatic rings. The van der Waals surface area contributed by atoms with Crippen molar-refractivity contribution in [2.24, 2.45) is 0 Å². The molecule has 0 amide bonds. The smallest absolute Gasteiger partial charge is 0.248 e. The van der Waals surface area contributed by atoms with Crippen molar-refractivity contribution in [3.63, 3.8) is 0 Å². The third-order valence-electron chi connectivity index (χ3n) is 9.95. The van der Waals surface area contributed by atoms with Crippen molar-refractivity contribution in [2.75, 3.05) is 9.80 Å². The molecular formula is C39H29BN2O2. The van der Waals surface area contributed by atoms with Gasteiger partial charge in [-0.2, -0.15) is 0 Å². The second-order valence-electron chi connectivity index (χ2n) is 12.5. The third-order valence-corrected chi connectivity index (χ3v) is 9.95.